The van der Waals surface area contributed by atoms with Gasteiger partial charge in [-0.1, -0.05) is 128 Å². The molecule has 0 amide bonds. The van der Waals surface area contributed by atoms with Gasteiger partial charge in [0.05, 0.1) is 24.7 Å². The normalized spacial score (nSPS) is 12.7. The smallest absolute Gasteiger partial charge is 0.384 e. The Bertz CT molecular complexity index is 1690. The molecular weight excluding hydrogens is 629 g/mol. The summed E-state index contributed by atoms with van der Waals surface area (Å²) < 4.78 is 86.8. The molecule has 1 atom stereocenters. The molecule has 0 aliphatic rings. The second-order valence-electron chi connectivity index (χ2n) is 11.2. The molecule has 0 bridgehead atoms. The first-order chi connectivity index (χ1) is 22.4. The van der Waals surface area contributed by atoms with Crippen LogP contribution < -0.4 is 21.2 Å². The maximum absolute atomic E-state index is 13.5. The molecule has 0 aromatic heterocycles. The molecule has 0 radical (unpaired) electrons. The van der Waals surface area contributed by atoms with Gasteiger partial charge in [-0.05, 0) is 35.7 Å². The number of allylic oxidation sites excluding steroid dienone is 1. The van der Waals surface area contributed by atoms with Gasteiger partial charge in [0.25, 0.3) is 0 Å². The van der Waals surface area contributed by atoms with Crippen molar-refractivity contribution in [2.45, 2.75) is 31.2 Å². The van der Waals surface area contributed by atoms with Crippen molar-refractivity contribution in [3.05, 3.63) is 174 Å². The molecule has 5 aromatic rings. The van der Waals surface area contributed by atoms with E-state index < -0.39 is 30.5 Å². The van der Waals surface area contributed by atoms with E-state index >= 15 is 0 Å². The zero-order chi connectivity index (χ0) is 33.5. The molecule has 0 spiro atoms. The van der Waals surface area contributed by atoms with E-state index in [1.807, 2.05) is 84.9 Å². The van der Waals surface area contributed by atoms with Crippen LogP contribution in [0.3, 0.4) is 0 Å². The molecule has 47 heavy (non-hydrogen) atoms. The van der Waals surface area contributed by atoms with Crippen LogP contribution in [-0.4, -0.2) is 12.6 Å². The first kappa shape index (κ1) is 33.8. The van der Waals surface area contributed by atoms with Crippen molar-refractivity contribution in [2.24, 2.45) is 4.74 Å². The average Bonchev–Trinajstić information content (AvgIpc) is 3.06. The standard InChI is InChI=1S/C38H33F6N2P/c1-28(22-30-23-31(37(39,40)41)26-32(24-30)38(42,43)44)46-33(25-29-14-6-2-7-15-29)27-45-47(34-16-8-3-9-17-34,35-18-10-4-11-19-35)36-20-12-5-13-21-36/h2-21,23-24,26,33,46H,1,22,25,27H2/t33-/m1/s1. The lowest BCUT2D eigenvalue weighted by atomic mass is 10.0. The van der Waals surface area contributed by atoms with E-state index in [1.165, 1.54) is 0 Å². The zero-order valence-electron chi connectivity index (χ0n) is 25.3. The van der Waals surface area contributed by atoms with Crippen LogP contribution in [0.25, 0.3) is 0 Å². The van der Waals surface area contributed by atoms with E-state index in [2.05, 4.69) is 48.3 Å². The number of alkyl halides is 6. The number of benzene rings is 5. The van der Waals surface area contributed by atoms with E-state index in [4.69, 9.17) is 4.74 Å². The molecule has 0 heterocycles. The van der Waals surface area contributed by atoms with Crippen LogP contribution in [0.2, 0.25) is 0 Å². The number of nitrogens with zero attached hydrogens (tertiary/aromatic N) is 1. The molecule has 2 nitrogen and oxygen atoms in total. The summed E-state index contributed by atoms with van der Waals surface area (Å²) in [5, 5.41) is 6.49. The molecule has 0 saturated carbocycles. The summed E-state index contributed by atoms with van der Waals surface area (Å²) >= 11 is 0. The molecule has 0 aliphatic heterocycles. The highest BCUT2D eigenvalue weighted by Gasteiger charge is 2.37. The summed E-state index contributed by atoms with van der Waals surface area (Å²) in [7, 11) is -2.57. The largest absolute Gasteiger partial charge is 0.416 e. The SMILES string of the molecule is C=C(Cc1cc(C(F)(F)F)cc(C(F)(F)F)c1)N[C@@H](CN=P(c1ccccc1)(c1ccccc1)c1ccccc1)Cc1ccccc1. The van der Waals surface area contributed by atoms with Crippen LogP contribution in [-0.2, 0) is 25.2 Å². The van der Waals surface area contributed by atoms with Gasteiger partial charge in [-0.15, -0.1) is 0 Å². The maximum atomic E-state index is 13.5. The van der Waals surface area contributed by atoms with Gasteiger partial charge in [0.15, 0.2) is 0 Å². The quantitative estimate of drug-likeness (QED) is 0.111. The Kier molecular flexibility index (Phi) is 10.4. The Balaban J connectivity index is 1.55. The number of halogens is 6. The number of hydrogen-bond acceptors (Lipinski definition) is 2. The maximum Gasteiger partial charge on any atom is 0.416 e. The summed E-state index contributed by atoms with van der Waals surface area (Å²) in [6.45, 7) is 4.32. The number of rotatable bonds is 11. The molecule has 0 fully saturated rings. The second-order valence-corrected chi connectivity index (χ2v) is 14.3. The minimum atomic E-state index is -4.93. The second kappa shape index (κ2) is 14.5. The molecule has 5 rings (SSSR count). The highest BCUT2D eigenvalue weighted by Crippen LogP contribution is 2.46. The molecule has 242 valence electrons. The highest BCUT2D eigenvalue weighted by molar-refractivity contribution is 7.87. The van der Waals surface area contributed by atoms with Gasteiger partial charge < -0.3 is 5.32 Å². The lowest BCUT2D eigenvalue weighted by Gasteiger charge is -2.29. The topological polar surface area (TPSA) is 24.4 Å². The van der Waals surface area contributed by atoms with E-state index in [9.17, 15) is 26.3 Å². The molecule has 5 aromatic carbocycles. The highest BCUT2D eigenvalue weighted by atomic mass is 31.2. The predicted molar refractivity (Wildman–Crippen MR) is 179 cm³/mol. The minimum absolute atomic E-state index is 0.136. The van der Waals surface area contributed by atoms with Crippen LogP contribution in [0, 0.1) is 0 Å². The Hall–Kier alpha value is -4.55. The van der Waals surface area contributed by atoms with Crippen LogP contribution in [0.5, 0.6) is 0 Å². The van der Waals surface area contributed by atoms with Gasteiger partial charge in [0.1, 0.15) is 0 Å². The fraction of sp³-hybridized carbons (Fsp3) is 0.158. The molecule has 0 unspecified atom stereocenters. The summed E-state index contributed by atoms with van der Waals surface area (Å²) in [6.07, 6.45) is -9.59. The zero-order valence-corrected chi connectivity index (χ0v) is 26.2. The van der Waals surface area contributed by atoms with Gasteiger partial charge in [-0.3, -0.25) is 4.74 Å². The summed E-state index contributed by atoms with van der Waals surface area (Å²) in [6, 6.07) is 41.1. The van der Waals surface area contributed by atoms with E-state index in [-0.39, 0.29) is 36.3 Å². The van der Waals surface area contributed by atoms with Crippen molar-refractivity contribution in [3.63, 3.8) is 0 Å². The lowest BCUT2D eigenvalue weighted by Crippen LogP contribution is -2.35. The first-order valence-corrected chi connectivity index (χ1v) is 16.7. The molecule has 0 saturated heterocycles. The van der Waals surface area contributed by atoms with E-state index in [1.54, 1.807) is 0 Å². The van der Waals surface area contributed by atoms with Crippen molar-refractivity contribution in [1.29, 1.82) is 0 Å². The monoisotopic (exact) mass is 662 g/mol. The minimum Gasteiger partial charge on any atom is -0.384 e. The Labute approximate surface area is 270 Å². The Morgan fingerprint density at radius 2 is 1.00 bits per heavy atom. The third-order valence-electron chi connectivity index (χ3n) is 7.70. The molecular formula is C38H33F6N2P. The number of nitrogens with one attached hydrogen (secondary N) is 1. The summed E-state index contributed by atoms with van der Waals surface area (Å²) in [5.41, 5.74) is -1.56. The van der Waals surface area contributed by atoms with Crippen molar-refractivity contribution < 1.29 is 26.3 Å². The molecule has 9 heteroatoms. The molecule has 1 N–H and O–H groups in total. The van der Waals surface area contributed by atoms with Gasteiger partial charge in [-0.25, -0.2) is 0 Å². The first-order valence-electron chi connectivity index (χ1n) is 15.0. The van der Waals surface area contributed by atoms with Crippen molar-refractivity contribution in [2.75, 3.05) is 6.54 Å². The fourth-order valence-corrected chi connectivity index (χ4v) is 9.25. The third kappa shape index (κ3) is 8.44. The predicted octanol–water partition coefficient (Wildman–Crippen LogP) is 9.16. The van der Waals surface area contributed by atoms with Crippen LogP contribution in [0.1, 0.15) is 22.3 Å². The van der Waals surface area contributed by atoms with E-state index in [0.29, 0.717) is 6.42 Å². The lowest BCUT2D eigenvalue weighted by molar-refractivity contribution is -0.143. The van der Waals surface area contributed by atoms with Gasteiger partial charge in [0.2, 0.25) is 0 Å². The molecule has 0 aliphatic carbocycles. The van der Waals surface area contributed by atoms with E-state index in [0.717, 1.165) is 33.6 Å². The van der Waals surface area contributed by atoms with Gasteiger partial charge >= 0.3 is 12.4 Å². The average molecular weight is 663 g/mol. The Morgan fingerprint density at radius 3 is 1.40 bits per heavy atom. The van der Waals surface area contributed by atoms with Crippen molar-refractivity contribution in [1.82, 2.24) is 5.32 Å². The fourth-order valence-electron chi connectivity index (χ4n) is 5.61. The van der Waals surface area contributed by atoms with Crippen LogP contribution in [0.15, 0.2) is 157 Å². The third-order valence-corrected chi connectivity index (χ3v) is 11.4. The van der Waals surface area contributed by atoms with Gasteiger partial charge in [-0.2, -0.15) is 26.3 Å². The van der Waals surface area contributed by atoms with Crippen LogP contribution >= 0.6 is 7.05 Å². The summed E-state index contributed by atoms with van der Waals surface area (Å²) in [5.74, 6) is 0. The number of hydrogen-bond donors (Lipinski definition) is 1. The van der Waals surface area contributed by atoms with Gasteiger partial charge in [0, 0.05) is 34.1 Å². The van der Waals surface area contributed by atoms with Crippen molar-refractivity contribution in [3.8, 4) is 0 Å². The van der Waals surface area contributed by atoms with Crippen LogP contribution in [0.4, 0.5) is 26.3 Å². The summed E-state index contributed by atoms with van der Waals surface area (Å²) in [4.78, 5) is 0. The Morgan fingerprint density at radius 1 is 0.596 bits per heavy atom. The van der Waals surface area contributed by atoms with Crippen molar-refractivity contribution >= 4 is 23.0 Å².